The van der Waals surface area contributed by atoms with Crippen LogP contribution in [0.2, 0.25) is 0 Å². The molecule has 0 spiro atoms. The van der Waals surface area contributed by atoms with E-state index in [0.29, 0.717) is 39.8 Å². The summed E-state index contributed by atoms with van der Waals surface area (Å²) in [5, 5.41) is 15.3. The number of aryl methyl sites for hydroxylation is 2. The molecule has 6 aromatic rings. The summed E-state index contributed by atoms with van der Waals surface area (Å²) in [5.74, 6) is 0.404. The molecule has 0 amide bonds. The van der Waals surface area contributed by atoms with Crippen LogP contribution < -0.4 is 125 Å². The molecule has 0 unspecified atom stereocenters. The number of ketones is 1. The topological polar surface area (TPSA) is 285 Å². The maximum absolute atomic E-state index is 13.0. The van der Waals surface area contributed by atoms with E-state index in [-0.39, 0.29) is 164 Å². The summed E-state index contributed by atoms with van der Waals surface area (Å²) in [6.45, 7) is 15.7. The Morgan fingerprint density at radius 2 is 1.13 bits per heavy atom. The van der Waals surface area contributed by atoms with Crippen LogP contribution in [-0.2, 0) is 61.6 Å². The van der Waals surface area contributed by atoms with Gasteiger partial charge in [-0.2, -0.15) is 0 Å². The number of ether oxygens (including phenoxy) is 1. The van der Waals surface area contributed by atoms with Gasteiger partial charge in [0.05, 0.1) is 22.9 Å². The predicted octanol–water partition coefficient (Wildman–Crippen LogP) is 2.85. The molecule has 2 aromatic carbocycles. The maximum atomic E-state index is 13.0. The van der Waals surface area contributed by atoms with Gasteiger partial charge in [0.2, 0.25) is 5.24 Å². The number of nitrogens with zero attached hydrogens (tertiary/aromatic N) is 3. The van der Waals surface area contributed by atoms with Gasteiger partial charge in [0.15, 0.2) is 19.7 Å². The molecule has 24 heteroatoms. The second kappa shape index (κ2) is 42.3. The molecule has 84 heavy (non-hydrogen) atoms. The molecule has 1 saturated heterocycles. The van der Waals surface area contributed by atoms with Crippen LogP contribution in [0, 0.1) is 25.7 Å². The molecule has 3 aliphatic rings. The Morgan fingerprint density at radius 1 is 0.726 bits per heavy atom. The number of anilines is 1. The van der Waals surface area contributed by atoms with Gasteiger partial charge in [-0.15, -0.1) is 0 Å². The first-order valence-electron chi connectivity index (χ1n) is 27.5. The number of benzene rings is 2. The fourth-order valence-electron chi connectivity index (χ4n) is 10.0. The van der Waals surface area contributed by atoms with Crippen LogP contribution in [0.3, 0.4) is 0 Å². The van der Waals surface area contributed by atoms with E-state index in [1.165, 1.54) is 70.7 Å². The number of halogens is 1. The first-order valence-corrected chi connectivity index (χ1v) is 32.0. The number of carbonyl (C=O) groups is 3. The van der Waals surface area contributed by atoms with Crippen molar-refractivity contribution in [1.82, 2.24) is 23.7 Å². The monoisotopic (exact) mass is 1280 g/mol. The van der Waals surface area contributed by atoms with E-state index in [9.17, 15) is 36.0 Å². The van der Waals surface area contributed by atoms with E-state index in [1.54, 1.807) is 53.5 Å². The van der Waals surface area contributed by atoms with Crippen molar-refractivity contribution < 1.29 is 155 Å². The molecule has 4 aromatic heterocycles. The van der Waals surface area contributed by atoms with E-state index in [1.807, 2.05) is 42.5 Å². The molecular formula is C60H89ClK2N6O13S2. The summed E-state index contributed by atoms with van der Waals surface area (Å²) in [6.07, 6.45) is 22.9. The molecule has 0 atom stereocenters. The minimum Gasteiger partial charge on any atom is -1.00 e. The number of hydrogen-bond donors (Lipinski definition) is 4. The minimum atomic E-state index is -3.20. The smallest absolute Gasteiger partial charge is 1.00 e. The number of nitrogen functional groups attached to an aromatic ring is 1. The van der Waals surface area contributed by atoms with Crippen LogP contribution in [0.15, 0.2) is 82.9 Å². The molecule has 19 nitrogen and oxygen atoms in total. The molecule has 5 N–H and O–H groups in total. The van der Waals surface area contributed by atoms with Crippen molar-refractivity contribution in [2.45, 2.75) is 137 Å². The number of H-pyrrole nitrogens is 2. The van der Waals surface area contributed by atoms with E-state index >= 15 is 0 Å². The zero-order valence-corrected chi connectivity index (χ0v) is 58.9. The number of nitrogens with two attached hydrogens (primary N) is 1. The third kappa shape index (κ3) is 27.4. The van der Waals surface area contributed by atoms with Crippen LogP contribution in [0.25, 0.3) is 33.5 Å². The van der Waals surface area contributed by atoms with Gasteiger partial charge < -0.3 is 50.8 Å². The van der Waals surface area contributed by atoms with Gasteiger partial charge >= 0.3 is 103 Å². The van der Waals surface area contributed by atoms with Crippen LogP contribution in [0.1, 0.15) is 134 Å². The number of fused-ring (bicyclic) bond motifs is 2. The zero-order chi connectivity index (χ0) is 60.3. The third-order valence-corrected chi connectivity index (χ3v) is 16.0. The Hall–Kier alpha value is -2.67. The van der Waals surface area contributed by atoms with Gasteiger partial charge in [-0.05, 0) is 142 Å². The molecule has 0 bridgehead atoms. The molecule has 9 rings (SSSR count). The van der Waals surface area contributed by atoms with Crippen LogP contribution in [0.4, 0.5) is 5.69 Å². The standard InChI is InChI=1S/C24H28N2O4S.C16H17N3O3S.C7H11ClO.C6H15N.C4H8O.CH2O3.CH4O.CH4.2K.H/c1-16-12-21(26-11-10-25-24(28)23(16)26)20-13-17(15-31(2,29)30)8-9-19(20)14-22(27)18-6-4-3-5-7-18;1-10-7-14(19-6-5-18-16(20)15(10)19)12-8-11(3-4-13(12)17)9-23(2,21)22;8-7(9)6-4-2-1-3-5-6;1-4-7(5-2)6-3;1-2-4-5-3-1;2-1-4-3;1-2;;;;/h8-13,18H,3-7,14-15H2,1-2H3,(H,25,28);3-8H,9,17H2,1-2H3,(H,18,20);6H,1-5H2;4-6H2,1-3H3;1-4H2;1,3H;2H,1H3;1H4;;;/q;;;;;;;;2*+1;-1/p-1. The molecular weight excluding hydrogens is 1190 g/mol. The van der Waals surface area contributed by atoms with Crippen molar-refractivity contribution >= 4 is 65.5 Å². The molecule has 5 heterocycles. The fourth-order valence-corrected chi connectivity index (χ4v) is 11.8. The van der Waals surface area contributed by atoms with Crippen LogP contribution in [-0.4, -0.2) is 116 Å². The first-order chi connectivity index (χ1) is 38.6. The van der Waals surface area contributed by atoms with Crippen molar-refractivity contribution in [3.8, 4) is 22.5 Å². The second-order valence-electron chi connectivity index (χ2n) is 20.2. The Bertz CT molecular complexity index is 3290. The molecule has 1 aliphatic heterocycles. The summed E-state index contributed by atoms with van der Waals surface area (Å²) >= 11 is 5.32. The Kier molecular flexibility index (Phi) is 41.0. The summed E-state index contributed by atoms with van der Waals surface area (Å²) in [5.41, 5.74) is 14.3. The maximum Gasteiger partial charge on any atom is 1.00 e. The number of hydrogen-bond acceptors (Lipinski definition) is 15. The molecule has 2 aliphatic carbocycles. The molecule has 458 valence electrons. The van der Waals surface area contributed by atoms with Gasteiger partial charge in [-0.3, -0.25) is 24.0 Å². The van der Waals surface area contributed by atoms with Crippen molar-refractivity contribution in [2.75, 3.05) is 58.2 Å². The first kappa shape index (κ1) is 81.3. The predicted molar refractivity (Wildman–Crippen MR) is 327 cm³/mol. The quantitative estimate of drug-likeness (QED) is 0.0305. The molecule has 0 radical (unpaired) electrons. The fraction of sp³-hybridized carbons (Fsp3) is 0.517. The minimum absolute atomic E-state index is 0. The Labute approximate surface area is 588 Å². The summed E-state index contributed by atoms with van der Waals surface area (Å²) in [7, 11) is -5.34. The normalized spacial score (nSPS) is 13.9. The number of sulfone groups is 2. The van der Waals surface area contributed by atoms with Gasteiger partial charge in [0.1, 0.15) is 16.8 Å². The van der Waals surface area contributed by atoms with Gasteiger partial charge in [-0.1, -0.05) is 84.9 Å². The summed E-state index contributed by atoms with van der Waals surface area (Å²) in [6, 6.07) is 14.5. The number of Topliss-reactive ketones (excluding diaryl/α,β-unsaturated/α-hetero) is 1. The number of aromatic nitrogens is 4. The van der Waals surface area contributed by atoms with Crippen molar-refractivity contribution in [3.05, 3.63) is 122 Å². The number of aliphatic hydroxyl groups is 1. The van der Waals surface area contributed by atoms with E-state index < -0.39 is 19.7 Å². The molecule has 2 saturated carbocycles. The van der Waals surface area contributed by atoms with E-state index in [2.05, 4.69) is 40.5 Å². The largest absolute Gasteiger partial charge is 1.00 e. The van der Waals surface area contributed by atoms with Gasteiger partial charge in [-0.25, -0.2) is 16.8 Å². The van der Waals surface area contributed by atoms with Crippen molar-refractivity contribution in [1.29, 1.82) is 0 Å². The van der Waals surface area contributed by atoms with Crippen molar-refractivity contribution in [3.63, 3.8) is 0 Å². The van der Waals surface area contributed by atoms with E-state index in [4.69, 9.17) is 37.2 Å². The zero-order valence-electron chi connectivity index (χ0n) is 51.3. The average Bonchev–Trinajstić information content (AvgIpc) is 3.15. The Balaban J connectivity index is 0. The van der Waals surface area contributed by atoms with Crippen molar-refractivity contribution in [2.24, 2.45) is 11.8 Å². The number of aliphatic hydroxyl groups excluding tert-OH is 1. The summed E-state index contributed by atoms with van der Waals surface area (Å²) in [4.78, 5) is 66.9. The van der Waals surface area contributed by atoms with Gasteiger partial charge in [0, 0.05) is 92.7 Å². The average molecular weight is 1280 g/mol. The number of carbonyl (C=O) groups excluding carboxylic acids is 3. The number of aromatic amines is 2. The molecule has 3 fully saturated rings. The Morgan fingerprint density at radius 3 is 1.49 bits per heavy atom. The van der Waals surface area contributed by atoms with E-state index in [0.717, 1.165) is 92.5 Å². The van der Waals surface area contributed by atoms with Crippen LogP contribution in [0.5, 0.6) is 0 Å². The SMILES string of the molecule is C.C1CCOC1.CCN(CC)CC.CO.Cc1cc(-c2cc(CS(C)(=O)=O)ccc2CC(=O)C2CCCCC2)n2cc[nH]c(=O)c12.Cc1cc(-c2cc(CS(C)(=O)=O)ccc2N)n2cc[nH]c(=O)c12.O=C(Cl)C1CCCCC1.O=CO[O-].[H-].[K+].[K+]. The third-order valence-electron chi connectivity index (χ3n) is 14.0. The van der Waals surface area contributed by atoms with Crippen LogP contribution >= 0.6 is 11.6 Å². The number of nitrogens with one attached hydrogen (secondary N) is 2. The van der Waals surface area contributed by atoms with Gasteiger partial charge in [0.25, 0.3) is 17.6 Å². The second-order valence-corrected chi connectivity index (χ2v) is 24.9. The summed E-state index contributed by atoms with van der Waals surface area (Å²) < 4.78 is 55.3. The number of rotatable bonds is 14.